The monoisotopic (exact) mass is 175 g/mol. The third-order valence-electron chi connectivity index (χ3n) is 1.22. The Morgan fingerprint density at radius 3 is 1.67 bits per heavy atom. The third kappa shape index (κ3) is 1.41. The molecule has 0 aromatic heterocycles. The molecule has 40 valence electrons. The molecule has 0 saturated heterocycles. The first-order valence-electron chi connectivity index (χ1n) is 2.22. The Morgan fingerprint density at radius 1 is 1.33 bits per heavy atom. The van der Waals surface area contributed by atoms with E-state index in [1.165, 1.54) is 19.3 Å². The summed E-state index contributed by atoms with van der Waals surface area (Å²) in [7, 11) is 0. The molecule has 0 aliphatic heterocycles. The predicted molar refractivity (Wildman–Crippen MR) is 22.7 cm³/mol. The summed E-state index contributed by atoms with van der Waals surface area (Å²) in [6.45, 7) is 3.84. The molecule has 0 nitrogen and oxygen atoms in total. The van der Waals surface area contributed by atoms with E-state index in [2.05, 4.69) is 6.92 Å². The van der Waals surface area contributed by atoms with Crippen LogP contribution >= 0.6 is 0 Å². The smallest absolute Gasteiger partial charge is 0 e. The summed E-state index contributed by atoms with van der Waals surface area (Å²) in [6, 6.07) is 0. The van der Waals surface area contributed by atoms with Crippen molar-refractivity contribution in [3.05, 3.63) is 6.92 Å². The van der Waals surface area contributed by atoms with E-state index >= 15 is 0 Å². The Hall–Kier alpha value is 0.662. The van der Waals surface area contributed by atoms with Gasteiger partial charge >= 0.3 is 0 Å². The summed E-state index contributed by atoms with van der Waals surface area (Å²) in [5, 5.41) is 0. The van der Waals surface area contributed by atoms with Crippen LogP contribution in [0.5, 0.6) is 0 Å². The fraction of sp³-hybridized carbons (Fsp3) is 0.800. The minimum atomic E-state index is 0. The van der Waals surface area contributed by atoms with Gasteiger partial charge in [0.2, 0.25) is 0 Å². The minimum absolute atomic E-state index is 0. The zero-order valence-electron chi connectivity index (χ0n) is 3.72. The molecule has 1 aliphatic carbocycles. The summed E-state index contributed by atoms with van der Waals surface area (Å²) < 4.78 is 0. The van der Waals surface area contributed by atoms with Crippen LogP contribution in [0.25, 0.3) is 0 Å². The molecule has 1 heteroatoms. The van der Waals surface area contributed by atoms with Gasteiger partial charge in [-0.1, -0.05) is 19.3 Å². The van der Waals surface area contributed by atoms with Crippen LogP contribution in [0.15, 0.2) is 0 Å². The van der Waals surface area contributed by atoms with Crippen molar-refractivity contribution >= 4 is 0 Å². The van der Waals surface area contributed by atoms with E-state index in [4.69, 9.17) is 0 Å². The van der Waals surface area contributed by atoms with E-state index in [1.54, 1.807) is 0 Å². The van der Waals surface area contributed by atoms with E-state index in [1.807, 2.05) is 0 Å². The van der Waals surface area contributed by atoms with Gasteiger partial charge < -0.3 is 6.92 Å². The predicted octanol–water partition coefficient (Wildman–Crippen LogP) is 1.62. The van der Waals surface area contributed by atoms with Crippen LogP contribution in [0.4, 0.5) is 0 Å². The number of hydrogen-bond acceptors (Lipinski definition) is 0. The SMILES string of the molecule is [CH2-]C1CCC1.[Pd]. The van der Waals surface area contributed by atoms with Crippen LogP contribution in [-0.2, 0) is 20.4 Å². The van der Waals surface area contributed by atoms with Gasteiger partial charge in [-0.3, -0.25) is 0 Å². The maximum Gasteiger partial charge on any atom is 0 e. The molecular weight excluding hydrogens is 166 g/mol. The van der Waals surface area contributed by atoms with Crippen LogP contribution in [0.1, 0.15) is 19.3 Å². The summed E-state index contributed by atoms with van der Waals surface area (Å²) in [4.78, 5) is 0. The number of hydrogen-bond donors (Lipinski definition) is 0. The molecule has 1 rings (SSSR count). The second-order valence-corrected chi connectivity index (χ2v) is 1.80. The van der Waals surface area contributed by atoms with Crippen molar-refractivity contribution in [3.8, 4) is 0 Å². The Balaban J connectivity index is 0.000000250. The summed E-state index contributed by atoms with van der Waals surface area (Å²) >= 11 is 0. The minimum Gasteiger partial charge on any atom is -0.340 e. The third-order valence-corrected chi connectivity index (χ3v) is 1.22. The fourth-order valence-electron chi connectivity index (χ4n) is 0.493. The fourth-order valence-corrected chi connectivity index (χ4v) is 0.493. The molecule has 0 spiro atoms. The van der Waals surface area contributed by atoms with Crippen LogP contribution < -0.4 is 0 Å². The molecule has 1 saturated carbocycles. The van der Waals surface area contributed by atoms with Gasteiger partial charge in [0.25, 0.3) is 0 Å². The van der Waals surface area contributed by atoms with Gasteiger partial charge in [-0.15, -0.1) is 0 Å². The van der Waals surface area contributed by atoms with Gasteiger partial charge in [0.05, 0.1) is 0 Å². The average molecular weight is 176 g/mol. The van der Waals surface area contributed by atoms with Crippen molar-refractivity contribution in [1.29, 1.82) is 0 Å². The molecule has 6 heavy (non-hydrogen) atoms. The van der Waals surface area contributed by atoms with Gasteiger partial charge in [-0.2, -0.15) is 5.92 Å². The van der Waals surface area contributed by atoms with Crippen LogP contribution in [0.2, 0.25) is 0 Å². The molecule has 1 aliphatic rings. The molecule has 0 atom stereocenters. The second-order valence-electron chi connectivity index (χ2n) is 1.80. The quantitative estimate of drug-likeness (QED) is 0.388. The van der Waals surface area contributed by atoms with E-state index in [0.29, 0.717) is 0 Å². The van der Waals surface area contributed by atoms with E-state index in [-0.39, 0.29) is 20.4 Å². The first kappa shape index (κ1) is 6.66. The molecule has 0 aromatic carbocycles. The summed E-state index contributed by atoms with van der Waals surface area (Å²) in [5.74, 6) is 0.815. The second kappa shape index (κ2) is 2.77. The van der Waals surface area contributed by atoms with Gasteiger partial charge in [0.15, 0.2) is 0 Å². The van der Waals surface area contributed by atoms with E-state index in [0.717, 1.165) is 5.92 Å². The van der Waals surface area contributed by atoms with E-state index < -0.39 is 0 Å². The number of rotatable bonds is 0. The topological polar surface area (TPSA) is 0 Å². The van der Waals surface area contributed by atoms with Gasteiger partial charge in [-0.05, 0) is 0 Å². The van der Waals surface area contributed by atoms with Crippen molar-refractivity contribution in [1.82, 2.24) is 0 Å². The van der Waals surface area contributed by atoms with Crippen molar-refractivity contribution in [2.24, 2.45) is 5.92 Å². The molecule has 0 aromatic rings. The maximum atomic E-state index is 3.84. The first-order chi connectivity index (χ1) is 2.39. The van der Waals surface area contributed by atoms with Crippen molar-refractivity contribution in [3.63, 3.8) is 0 Å². The van der Waals surface area contributed by atoms with Crippen LogP contribution in [-0.4, -0.2) is 0 Å². The van der Waals surface area contributed by atoms with E-state index in [9.17, 15) is 0 Å². The van der Waals surface area contributed by atoms with Crippen LogP contribution in [0, 0.1) is 12.8 Å². The van der Waals surface area contributed by atoms with Gasteiger partial charge in [0, 0.05) is 20.4 Å². The molecule has 0 N–H and O–H groups in total. The molecule has 0 unspecified atom stereocenters. The maximum absolute atomic E-state index is 3.84. The average Bonchev–Trinajstić information content (AvgIpc) is 1.30. The zero-order valence-corrected chi connectivity index (χ0v) is 5.28. The standard InChI is InChI=1S/C5H9.Pd/c1-5-3-2-4-5;/h5H,1-4H2;/q-1;. The zero-order chi connectivity index (χ0) is 3.70. The Bertz CT molecular complexity index is 30.9. The Kier molecular flexibility index (Phi) is 3.08. The first-order valence-corrected chi connectivity index (χ1v) is 2.22. The van der Waals surface area contributed by atoms with Crippen molar-refractivity contribution in [2.75, 3.05) is 0 Å². The normalized spacial score (nSPS) is 21.5. The molecule has 0 radical (unpaired) electrons. The van der Waals surface area contributed by atoms with Crippen molar-refractivity contribution < 1.29 is 20.4 Å². The molecule has 1 fully saturated rings. The summed E-state index contributed by atoms with van der Waals surface area (Å²) in [5.41, 5.74) is 0. The largest absolute Gasteiger partial charge is 0.340 e. The Labute approximate surface area is 53.0 Å². The molecule has 0 bridgehead atoms. The van der Waals surface area contributed by atoms with Gasteiger partial charge in [0.1, 0.15) is 0 Å². The van der Waals surface area contributed by atoms with Crippen molar-refractivity contribution in [2.45, 2.75) is 19.3 Å². The summed E-state index contributed by atoms with van der Waals surface area (Å²) in [6.07, 6.45) is 4.17. The van der Waals surface area contributed by atoms with Crippen LogP contribution in [0.3, 0.4) is 0 Å². The molecule has 0 amide bonds. The molecule has 0 heterocycles. The Morgan fingerprint density at radius 2 is 1.67 bits per heavy atom. The van der Waals surface area contributed by atoms with Gasteiger partial charge in [-0.25, -0.2) is 0 Å². The molecular formula is C5H9Pd-.